The third kappa shape index (κ3) is 2.17. The van der Waals surface area contributed by atoms with E-state index >= 15 is 0 Å². The molecule has 0 saturated carbocycles. The van der Waals surface area contributed by atoms with Gasteiger partial charge in [0.05, 0.1) is 0 Å². The van der Waals surface area contributed by atoms with Crippen LogP contribution in [0.1, 0.15) is 17.4 Å². The van der Waals surface area contributed by atoms with Crippen LogP contribution in [0.3, 0.4) is 0 Å². The molecule has 1 aromatic rings. The summed E-state index contributed by atoms with van der Waals surface area (Å²) in [6.45, 7) is 2.40. The molecular formula is C7H8ClN3O. The highest BCUT2D eigenvalue weighted by Crippen LogP contribution is 2.00. The van der Waals surface area contributed by atoms with E-state index in [1.165, 1.54) is 12.3 Å². The number of hydrogen-bond donors (Lipinski definition) is 1. The van der Waals surface area contributed by atoms with Crippen molar-refractivity contribution in [1.29, 1.82) is 0 Å². The van der Waals surface area contributed by atoms with Gasteiger partial charge in [-0.15, -0.1) is 0 Å². The second-order valence-electron chi connectivity index (χ2n) is 2.07. The number of carbonyl (C=O) groups excluding carboxylic acids is 1. The highest BCUT2D eigenvalue weighted by atomic mass is 35.5. The lowest BCUT2D eigenvalue weighted by atomic mass is 10.4. The number of halogens is 1. The van der Waals surface area contributed by atoms with Gasteiger partial charge < -0.3 is 5.32 Å². The monoisotopic (exact) mass is 185 g/mol. The molecule has 0 aliphatic heterocycles. The molecule has 64 valence electrons. The van der Waals surface area contributed by atoms with Gasteiger partial charge in [0.15, 0.2) is 0 Å². The van der Waals surface area contributed by atoms with E-state index in [1.54, 1.807) is 0 Å². The van der Waals surface area contributed by atoms with Crippen LogP contribution in [-0.4, -0.2) is 22.4 Å². The van der Waals surface area contributed by atoms with Crippen LogP contribution in [0.25, 0.3) is 0 Å². The van der Waals surface area contributed by atoms with Crippen LogP contribution in [0.15, 0.2) is 12.3 Å². The van der Waals surface area contributed by atoms with Gasteiger partial charge in [0.1, 0.15) is 5.69 Å². The van der Waals surface area contributed by atoms with Crippen LogP contribution in [0.5, 0.6) is 0 Å². The number of hydrogen-bond acceptors (Lipinski definition) is 3. The normalized spacial score (nSPS) is 9.50. The molecule has 0 unspecified atom stereocenters. The predicted molar refractivity (Wildman–Crippen MR) is 45.0 cm³/mol. The van der Waals surface area contributed by atoms with Crippen LogP contribution in [0.2, 0.25) is 5.28 Å². The van der Waals surface area contributed by atoms with Crippen LogP contribution >= 0.6 is 11.6 Å². The Bertz CT molecular complexity index is 290. The average Bonchev–Trinajstić information content (AvgIpc) is 2.05. The van der Waals surface area contributed by atoms with Crippen molar-refractivity contribution in [2.24, 2.45) is 0 Å². The molecule has 4 nitrogen and oxygen atoms in total. The van der Waals surface area contributed by atoms with Gasteiger partial charge in [0, 0.05) is 12.7 Å². The summed E-state index contributed by atoms with van der Waals surface area (Å²) in [5.74, 6) is -0.234. The molecule has 1 amide bonds. The van der Waals surface area contributed by atoms with Gasteiger partial charge in [-0.25, -0.2) is 9.97 Å². The Balaban J connectivity index is 2.81. The lowest BCUT2D eigenvalue weighted by Gasteiger charge is -1.99. The van der Waals surface area contributed by atoms with Gasteiger partial charge in [0.25, 0.3) is 5.91 Å². The predicted octanol–water partition coefficient (Wildman–Crippen LogP) is 0.880. The van der Waals surface area contributed by atoms with Crippen LogP contribution in [0.4, 0.5) is 0 Å². The number of aromatic nitrogens is 2. The molecule has 1 heterocycles. The van der Waals surface area contributed by atoms with E-state index in [4.69, 9.17) is 11.6 Å². The zero-order valence-electron chi connectivity index (χ0n) is 6.54. The SMILES string of the molecule is CCNC(=O)c1ccnc(Cl)n1. The van der Waals surface area contributed by atoms with Gasteiger partial charge in [-0.05, 0) is 24.6 Å². The number of nitrogens with zero attached hydrogens (tertiary/aromatic N) is 2. The van der Waals surface area contributed by atoms with Gasteiger partial charge >= 0.3 is 0 Å². The Morgan fingerprint density at radius 3 is 3.08 bits per heavy atom. The van der Waals surface area contributed by atoms with Crippen molar-refractivity contribution in [2.45, 2.75) is 6.92 Å². The van der Waals surface area contributed by atoms with Gasteiger partial charge in [-0.1, -0.05) is 0 Å². The standard InChI is InChI=1S/C7H8ClN3O/c1-2-9-6(12)5-3-4-10-7(8)11-5/h3-4H,2H2,1H3,(H,9,12). The number of amides is 1. The molecule has 5 heteroatoms. The quantitative estimate of drug-likeness (QED) is 0.696. The third-order valence-electron chi connectivity index (χ3n) is 1.20. The molecular weight excluding hydrogens is 178 g/mol. The van der Waals surface area contributed by atoms with E-state index in [2.05, 4.69) is 15.3 Å². The Morgan fingerprint density at radius 1 is 1.75 bits per heavy atom. The van der Waals surface area contributed by atoms with Gasteiger partial charge in [-0.2, -0.15) is 0 Å². The molecule has 0 atom stereocenters. The van der Waals surface area contributed by atoms with Crippen molar-refractivity contribution in [3.8, 4) is 0 Å². The molecule has 0 aliphatic rings. The maximum atomic E-state index is 11.1. The fraction of sp³-hybridized carbons (Fsp3) is 0.286. The van der Waals surface area contributed by atoms with Crippen molar-refractivity contribution < 1.29 is 4.79 Å². The molecule has 0 aromatic carbocycles. The highest BCUT2D eigenvalue weighted by Gasteiger charge is 2.05. The number of carbonyl (C=O) groups is 1. The number of rotatable bonds is 2. The van der Waals surface area contributed by atoms with Crippen molar-refractivity contribution in [1.82, 2.24) is 15.3 Å². The molecule has 0 saturated heterocycles. The minimum absolute atomic E-state index is 0.0822. The summed E-state index contributed by atoms with van der Waals surface area (Å²) >= 11 is 5.49. The zero-order valence-corrected chi connectivity index (χ0v) is 7.30. The van der Waals surface area contributed by atoms with E-state index in [0.29, 0.717) is 6.54 Å². The van der Waals surface area contributed by atoms with E-state index in [0.717, 1.165) is 0 Å². The fourth-order valence-electron chi connectivity index (χ4n) is 0.712. The first-order valence-electron chi connectivity index (χ1n) is 3.50. The summed E-state index contributed by atoms with van der Waals surface area (Å²) in [5, 5.41) is 2.68. The largest absolute Gasteiger partial charge is 0.351 e. The Hall–Kier alpha value is -1.16. The third-order valence-corrected chi connectivity index (χ3v) is 1.38. The highest BCUT2D eigenvalue weighted by molar-refractivity contribution is 6.28. The van der Waals surface area contributed by atoms with Gasteiger partial charge in [-0.3, -0.25) is 4.79 Å². The lowest BCUT2D eigenvalue weighted by Crippen LogP contribution is -2.23. The number of nitrogens with one attached hydrogen (secondary N) is 1. The second kappa shape index (κ2) is 4.01. The molecule has 0 fully saturated rings. The summed E-state index contributed by atoms with van der Waals surface area (Å²) in [6.07, 6.45) is 1.44. The lowest BCUT2D eigenvalue weighted by molar-refractivity contribution is 0.0950. The van der Waals surface area contributed by atoms with Crippen LogP contribution in [-0.2, 0) is 0 Å². The molecule has 0 bridgehead atoms. The summed E-state index contributed by atoms with van der Waals surface area (Å²) in [7, 11) is 0. The molecule has 1 rings (SSSR count). The second-order valence-corrected chi connectivity index (χ2v) is 2.41. The van der Waals surface area contributed by atoms with Crippen LogP contribution < -0.4 is 5.32 Å². The summed E-state index contributed by atoms with van der Waals surface area (Å²) in [6, 6.07) is 1.51. The van der Waals surface area contributed by atoms with Crippen molar-refractivity contribution in [3.05, 3.63) is 23.2 Å². The summed E-state index contributed by atoms with van der Waals surface area (Å²) < 4.78 is 0. The van der Waals surface area contributed by atoms with E-state index in [-0.39, 0.29) is 16.9 Å². The van der Waals surface area contributed by atoms with Crippen LogP contribution in [0, 0.1) is 0 Å². The zero-order chi connectivity index (χ0) is 8.97. The van der Waals surface area contributed by atoms with Crippen molar-refractivity contribution in [3.63, 3.8) is 0 Å². The fourth-order valence-corrected chi connectivity index (χ4v) is 0.860. The molecule has 12 heavy (non-hydrogen) atoms. The van der Waals surface area contributed by atoms with Crippen molar-refractivity contribution in [2.75, 3.05) is 6.54 Å². The minimum atomic E-state index is -0.234. The van der Waals surface area contributed by atoms with E-state index < -0.39 is 0 Å². The van der Waals surface area contributed by atoms with E-state index in [9.17, 15) is 4.79 Å². The molecule has 0 aliphatic carbocycles. The minimum Gasteiger partial charge on any atom is -0.351 e. The molecule has 0 radical (unpaired) electrons. The first-order chi connectivity index (χ1) is 5.74. The maximum absolute atomic E-state index is 11.1. The Morgan fingerprint density at radius 2 is 2.50 bits per heavy atom. The molecule has 1 N–H and O–H groups in total. The molecule has 1 aromatic heterocycles. The Labute approximate surface area is 75.0 Å². The Kier molecular flexibility index (Phi) is 2.99. The average molecular weight is 186 g/mol. The van der Waals surface area contributed by atoms with Crippen molar-refractivity contribution >= 4 is 17.5 Å². The molecule has 0 spiro atoms. The summed E-state index contributed by atoms with van der Waals surface area (Å²) in [5.41, 5.74) is 0.289. The maximum Gasteiger partial charge on any atom is 0.270 e. The van der Waals surface area contributed by atoms with E-state index in [1.807, 2.05) is 6.92 Å². The smallest absolute Gasteiger partial charge is 0.270 e. The summed E-state index contributed by atoms with van der Waals surface area (Å²) in [4.78, 5) is 18.5. The topological polar surface area (TPSA) is 54.9 Å². The first kappa shape index (κ1) is 8.93. The first-order valence-corrected chi connectivity index (χ1v) is 3.88. The van der Waals surface area contributed by atoms with Gasteiger partial charge in [0.2, 0.25) is 5.28 Å².